The van der Waals surface area contributed by atoms with E-state index in [1.807, 2.05) is 0 Å². The van der Waals surface area contributed by atoms with Crippen molar-refractivity contribution in [2.75, 3.05) is 18.8 Å². The molecule has 0 heterocycles. The molecule has 1 rings (SSSR count). The molecule has 0 aromatic heterocycles. The molecule has 0 aliphatic carbocycles. The number of urea groups is 1. The Balaban J connectivity index is 2.70. The topological polar surface area (TPSA) is 130 Å². The lowest BCUT2D eigenvalue weighted by molar-refractivity contribution is -0.384. The van der Waals surface area contributed by atoms with E-state index in [0.29, 0.717) is 12.2 Å². The van der Waals surface area contributed by atoms with E-state index in [2.05, 4.69) is 5.32 Å². The molecule has 2 amide bonds. The van der Waals surface area contributed by atoms with Crippen molar-refractivity contribution in [2.45, 2.75) is 26.3 Å². The van der Waals surface area contributed by atoms with Crippen LogP contribution in [0.3, 0.4) is 0 Å². The molecule has 0 spiro atoms. The lowest BCUT2D eigenvalue weighted by Crippen LogP contribution is -2.48. The Labute approximate surface area is 154 Å². The number of benzene rings is 1. The number of carbonyl (C=O) groups is 3. The number of non-ortho nitro benzene ring substituents is 1. The van der Waals surface area contributed by atoms with Crippen molar-refractivity contribution in [1.29, 1.82) is 0 Å². The number of carbonyl (C=O) groups excluding carboxylic acids is 2. The van der Waals surface area contributed by atoms with Gasteiger partial charge in [0, 0.05) is 37.9 Å². The average Bonchev–Trinajstić information content (AvgIpc) is 2.57. The fourth-order valence-electron chi connectivity index (χ4n) is 2.00. The molecule has 0 saturated carbocycles. The lowest BCUT2D eigenvalue weighted by atomic mass is 10.1. The maximum atomic E-state index is 12.3. The first-order chi connectivity index (χ1) is 12.2. The molecular weight excluding hydrogens is 362 g/mol. The standard InChI is InChI=1S/C16H21N3O6S/c1-11(15(21)22)17-16(23)18(9-10-26-12(2)20)8-7-13-3-5-14(6-4-13)19(24)25/h3-6,11H,7-10H2,1-2H3,(H,17,23)(H,21,22)/t11-/m0/s1. The predicted octanol–water partition coefficient (Wildman–Crippen LogP) is 1.90. The van der Waals surface area contributed by atoms with Crippen LogP contribution in [0.2, 0.25) is 0 Å². The summed E-state index contributed by atoms with van der Waals surface area (Å²) in [5.74, 6) is -0.753. The van der Waals surface area contributed by atoms with Crippen molar-refractivity contribution >= 4 is 34.6 Å². The van der Waals surface area contributed by atoms with Gasteiger partial charge >= 0.3 is 12.0 Å². The van der Waals surface area contributed by atoms with E-state index in [1.54, 1.807) is 12.1 Å². The predicted molar refractivity (Wildman–Crippen MR) is 97.1 cm³/mol. The van der Waals surface area contributed by atoms with Gasteiger partial charge in [0.25, 0.3) is 5.69 Å². The number of aliphatic carboxylic acids is 1. The molecule has 1 aromatic carbocycles. The van der Waals surface area contributed by atoms with E-state index in [0.717, 1.165) is 17.3 Å². The molecule has 26 heavy (non-hydrogen) atoms. The van der Waals surface area contributed by atoms with Crippen LogP contribution in [0.25, 0.3) is 0 Å². The molecule has 142 valence electrons. The fraction of sp³-hybridized carbons (Fsp3) is 0.438. The van der Waals surface area contributed by atoms with Crippen LogP contribution in [0.4, 0.5) is 10.5 Å². The zero-order chi connectivity index (χ0) is 19.7. The number of thioether (sulfide) groups is 1. The molecule has 0 aliphatic heterocycles. The van der Waals surface area contributed by atoms with Crippen LogP contribution in [-0.2, 0) is 16.0 Å². The van der Waals surface area contributed by atoms with Gasteiger partial charge in [0.1, 0.15) is 6.04 Å². The van der Waals surface area contributed by atoms with Crippen molar-refractivity contribution in [2.24, 2.45) is 0 Å². The van der Waals surface area contributed by atoms with Gasteiger partial charge in [0.2, 0.25) is 0 Å². The number of amides is 2. The summed E-state index contributed by atoms with van der Waals surface area (Å²) >= 11 is 1.08. The Kier molecular flexibility index (Phi) is 8.56. The van der Waals surface area contributed by atoms with E-state index in [4.69, 9.17) is 5.11 Å². The number of nitro benzene ring substituents is 1. The highest BCUT2D eigenvalue weighted by atomic mass is 32.2. The Bertz CT molecular complexity index is 664. The normalized spacial score (nSPS) is 11.5. The molecule has 2 N–H and O–H groups in total. The summed E-state index contributed by atoms with van der Waals surface area (Å²) in [7, 11) is 0. The minimum Gasteiger partial charge on any atom is -0.480 e. The molecule has 0 fully saturated rings. The van der Waals surface area contributed by atoms with Crippen LogP contribution in [-0.4, -0.2) is 56.9 Å². The van der Waals surface area contributed by atoms with Gasteiger partial charge in [0.05, 0.1) is 4.92 Å². The molecule has 0 unspecified atom stereocenters. The number of hydrogen-bond donors (Lipinski definition) is 2. The largest absolute Gasteiger partial charge is 0.480 e. The SMILES string of the molecule is CC(=O)SCCN(CCc1ccc([N+](=O)[O-])cc1)C(=O)N[C@@H](C)C(=O)O. The van der Waals surface area contributed by atoms with Gasteiger partial charge < -0.3 is 15.3 Å². The highest BCUT2D eigenvalue weighted by Gasteiger charge is 2.19. The van der Waals surface area contributed by atoms with Crippen molar-refractivity contribution in [1.82, 2.24) is 10.2 Å². The summed E-state index contributed by atoms with van der Waals surface area (Å²) in [5, 5.41) is 21.9. The second kappa shape index (κ2) is 10.4. The van der Waals surface area contributed by atoms with Crippen molar-refractivity contribution < 1.29 is 24.4 Å². The van der Waals surface area contributed by atoms with Crippen LogP contribution < -0.4 is 5.32 Å². The van der Waals surface area contributed by atoms with Crippen molar-refractivity contribution in [3.05, 3.63) is 39.9 Å². The number of carboxylic acid groups (broad SMARTS) is 1. The molecule has 0 aliphatic rings. The molecule has 1 aromatic rings. The summed E-state index contributed by atoms with van der Waals surface area (Å²) in [5.41, 5.74) is 0.787. The number of rotatable bonds is 9. The summed E-state index contributed by atoms with van der Waals surface area (Å²) in [6, 6.07) is 4.42. The van der Waals surface area contributed by atoms with E-state index < -0.39 is 23.0 Å². The number of carboxylic acids is 1. The second-order valence-electron chi connectivity index (χ2n) is 5.51. The first-order valence-corrected chi connectivity index (χ1v) is 8.84. The zero-order valence-corrected chi connectivity index (χ0v) is 15.3. The summed E-state index contributed by atoms with van der Waals surface area (Å²) in [4.78, 5) is 45.8. The molecular formula is C16H21N3O6S. The quantitative estimate of drug-likeness (QED) is 0.492. The van der Waals surface area contributed by atoms with E-state index >= 15 is 0 Å². The number of nitrogens with one attached hydrogen (secondary N) is 1. The third-order valence-corrected chi connectivity index (χ3v) is 4.27. The third-order valence-electron chi connectivity index (χ3n) is 3.48. The van der Waals surface area contributed by atoms with Crippen LogP contribution in [0, 0.1) is 10.1 Å². The van der Waals surface area contributed by atoms with E-state index in [9.17, 15) is 24.5 Å². The summed E-state index contributed by atoms with van der Waals surface area (Å²) in [6.07, 6.45) is 0.442. The Hall–Kier alpha value is -2.62. The van der Waals surface area contributed by atoms with Crippen LogP contribution >= 0.6 is 11.8 Å². The molecule has 1 atom stereocenters. The first kappa shape index (κ1) is 21.4. The fourth-order valence-corrected chi connectivity index (χ4v) is 2.60. The minimum atomic E-state index is -1.15. The second-order valence-corrected chi connectivity index (χ2v) is 6.78. The zero-order valence-electron chi connectivity index (χ0n) is 14.5. The Morgan fingerprint density at radius 1 is 1.27 bits per heavy atom. The van der Waals surface area contributed by atoms with Gasteiger partial charge in [-0.25, -0.2) is 4.79 Å². The summed E-state index contributed by atoms with van der Waals surface area (Å²) in [6.45, 7) is 3.35. The van der Waals surface area contributed by atoms with Crippen LogP contribution in [0.15, 0.2) is 24.3 Å². The molecule has 0 saturated heterocycles. The number of nitro groups is 1. The summed E-state index contributed by atoms with van der Waals surface area (Å²) < 4.78 is 0. The van der Waals surface area contributed by atoms with Crippen LogP contribution in [0.1, 0.15) is 19.4 Å². The van der Waals surface area contributed by atoms with Gasteiger partial charge in [-0.05, 0) is 18.9 Å². The number of hydrogen-bond acceptors (Lipinski definition) is 6. The lowest BCUT2D eigenvalue weighted by Gasteiger charge is -2.24. The van der Waals surface area contributed by atoms with Gasteiger partial charge in [0.15, 0.2) is 5.12 Å². The minimum absolute atomic E-state index is 0.0171. The molecule has 0 bridgehead atoms. The van der Waals surface area contributed by atoms with Crippen molar-refractivity contribution in [3.8, 4) is 0 Å². The maximum Gasteiger partial charge on any atom is 0.325 e. The van der Waals surface area contributed by atoms with Gasteiger partial charge in [-0.1, -0.05) is 23.9 Å². The molecule has 9 nitrogen and oxygen atoms in total. The average molecular weight is 383 g/mol. The van der Waals surface area contributed by atoms with Crippen LogP contribution in [0.5, 0.6) is 0 Å². The molecule has 10 heteroatoms. The highest BCUT2D eigenvalue weighted by molar-refractivity contribution is 8.13. The van der Waals surface area contributed by atoms with E-state index in [1.165, 1.54) is 30.9 Å². The van der Waals surface area contributed by atoms with E-state index in [-0.39, 0.29) is 23.9 Å². The van der Waals surface area contributed by atoms with Gasteiger partial charge in [-0.3, -0.25) is 19.7 Å². The third kappa shape index (κ3) is 7.51. The monoisotopic (exact) mass is 383 g/mol. The number of nitrogens with zero attached hydrogens (tertiary/aromatic N) is 2. The van der Waals surface area contributed by atoms with Gasteiger partial charge in [-0.2, -0.15) is 0 Å². The smallest absolute Gasteiger partial charge is 0.325 e. The molecule has 0 radical (unpaired) electrons. The Morgan fingerprint density at radius 2 is 1.88 bits per heavy atom. The highest BCUT2D eigenvalue weighted by Crippen LogP contribution is 2.13. The maximum absolute atomic E-state index is 12.3. The van der Waals surface area contributed by atoms with Crippen molar-refractivity contribution in [3.63, 3.8) is 0 Å². The first-order valence-electron chi connectivity index (χ1n) is 7.85. The van der Waals surface area contributed by atoms with Gasteiger partial charge in [-0.15, -0.1) is 0 Å². The Morgan fingerprint density at radius 3 is 2.38 bits per heavy atom.